The molecule has 2 unspecified atom stereocenters. The van der Waals surface area contributed by atoms with Crippen molar-refractivity contribution in [3.63, 3.8) is 0 Å². The van der Waals surface area contributed by atoms with Gasteiger partial charge in [-0.1, -0.05) is 90.9 Å². The Morgan fingerprint density at radius 1 is 0.654 bits per heavy atom. The van der Waals surface area contributed by atoms with Gasteiger partial charge in [0.25, 0.3) is 10.1 Å². The predicted molar refractivity (Wildman–Crippen MR) is 111 cm³/mol. The third-order valence-corrected chi connectivity index (χ3v) is 6.74. The van der Waals surface area contributed by atoms with Crippen LogP contribution in [0.1, 0.15) is 123 Å². The zero-order chi connectivity index (χ0) is 19.7. The van der Waals surface area contributed by atoms with Crippen LogP contribution in [0.15, 0.2) is 0 Å². The molecule has 0 aromatic carbocycles. The van der Waals surface area contributed by atoms with Crippen LogP contribution in [0.2, 0.25) is 0 Å². The van der Waals surface area contributed by atoms with Gasteiger partial charge in [0.2, 0.25) is 0 Å². The van der Waals surface area contributed by atoms with Gasteiger partial charge in [-0.25, -0.2) is 0 Å². The fourth-order valence-electron chi connectivity index (χ4n) is 3.51. The molecule has 0 fully saturated rings. The van der Waals surface area contributed by atoms with Crippen LogP contribution in [0.4, 0.5) is 0 Å². The minimum absolute atomic E-state index is 0.336. The monoisotopic (exact) mass is 392 g/mol. The Hall–Kier alpha value is -0.130. The zero-order valence-electron chi connectivity index (χ0n) is 17.3. The summed E-state index contributed by atoms with van der Waals surface area (Å²) in [5, 5.41) is 9.31. The molecule has 0 amide bonds. The van der Waals surface area contributed by atoms with Crippen LogP contribution in [0.5, 0.6) is 0 Å². The molecule has 5 heteroatoms. The van der Waals surface area contributed by atoms with E-state index in [0.29, 0.717) is 25.7 Å². The first-order valence-corrected chi connectivity index (χ1v) is 12.6. The SMILES string of the molecule is CCCCCCCCCCCCCCC(O)CCCC(CC)S(=O)(=O)O. The van der Waals surface area contributed by atoms with Gasteiger partial charge in [-0.3, -0.25) is 4.55 Å². The summed E-state index contributed by atoms with van der Waals surface area (Å²) in [4.78, 5) is 0. The van der Waals surface area contributed by atoms with Crippen LogP contribution in [-0.2, 0) is 10.1 Å². The first-order valence-electron chi connectivity index (χ1n) is 11.1. The van der Waals surface area contributed by atoms with Gasteiger partial charge in [-0.05, 0) is 32.1 Å². The van der Waals surface area contributed by atoms with Crippen LogP contribution in [0, 0.1) is 0 Å². The predicted octanol–water partition coefficient (Wildman–Crippen LogP) is 6.28. The largest absolute Gasteiger partial charge is 0.393 e. The van der Waals surface area contributed by atoms with E-state index in [1.54, 1.807) is 6.92 Å². The standard InChI is InChI=1S/C21H44O4S/c1-3-5-6-7-8-9-10-11-12-13-14-15-17-20(22)18-16-19-21(4-2)26(23,24)25/h20-22H,3-19H2,1-2H3,(H,23,24,25). The molecule has 0 aliphatic rings. The van der Waals surface area contributed by atoms with Gasteiger partial charge in [0, 0.05) is 0 Å². The Kier molecular flexibility index (Phi) is 16.9. The second-order valence-corrected chi connectivity index (χ2v) is 9.50. The summed E-state index contributed by atoms with van der Waals surface area (Å²) in [6.07, 6.45) is 18.4. The highest BCUT2D eigenvalue weighted by atomic mass is 32.2. The van der Waals surface area contributed by atoms with Gasteiger partial charge >= 0.3 is 0 Å². The van der Waals surface area contributed by atoms with Crippen molar-refractivity contribution in [2.24, 2.45) is 0 Å². The van der Waals surface area contributed by atoms with E-state index in [4.69, 9.17) is 4.55 Å². The van der Waals surface area contributed by atoms with E-state index in [0.717, 1.165) is 12.8 Å². The highest BCUT2D eigenvalue weighted by Gasteiger charge is 2.20. The zero-order valence-corrected chi connectivity index (χ0v) is 18.1. The van der Waals surface area contributed by atoms with Crippen LogP contribution < -0.4 is 0 Å². The molecule has 2 N–H and O–H groups in total. The number of hydrogen-bond donors (Lipinski definition) is 2. The van der Waals surface area contributed by atoms with Gasteiger partial charge in [0.05, 0.1) is 11.4 Å². The first kappa shape index (κ1) is 25.9. The molecule has 0 saturated heterocycles. The van der Waals surface area contributed by atoms with Gasteiger partial charge in [0.1, 0.15) is 0 Å². The lowest BCUT2D eigenvalue weighted by Gasteiger charge is -2.14. The van der Waals surface area contributed by atoms with Crippen LogP contribution in [0.3, 0.4) is 0 Å². The molecule has 26 heavy (non-hydrogen) atoms. The molecule has 2 atom stereocenters. The van der Waals surface area contributed by atoms with Crippen molar-refractivity contribution in [2.75, 3.05) is 0 Å². The fourth-order valence-corrected chi connectivity index (χ4v) is 4.40. The van der Waals surface area contributed by atoms with Crippen molar-refractivity contribution < 1.29 is 18.1 Å². The Morgan fingerprint density at radius 3 is 1.50 bits per heavy atom. The van der Waals surface area contributed by atoms with E-state index >= 15 is 0 Å². The van der Waals surface area contributed by atoms with Crippen molar-refractivity contribution in [1.29, 1.82) is 0 Å². The summed E-state index contributed by atoms with van der Waals surface area (Å²) >= 11 is 0. The molecule has 0 saturated carbocycles. The van der Waals surface area contributed by atoms with Gasteiger partial charge in [0.15, 0.2) is 0 Å². The third-order valence-electron chi connectivity index (χ3n) is 5.33. The van der Waals surface area contributed by atoms with Crippen molar-refractivity contribution >= 4 is 10.1 Å². The summed E-state index contributed by atoms with van der Waals surface area (Å²) in [7, 11) is -3.93. The van der Waals surface area contributed by atoms with E-state index in [9.17, 15) is 13.5 Å². The minimum Gasteiger partial charge on any atom is -0.393 e. The lowest BCUT2D eigenvalue weighted by Crippen LogP contribution is -2.20. The fraction of sp³-hybridized carbons (Fsp3) is 1.00. The second kappa shape index (κ2) is 17.0. The van der Waals surface area contributed by atoms with E-state index in [1.807, 2.05) is 0 Å². The van der Waals surface area contributed by atoms with Crippen molar-refractivity contribution in [3.05, 3.63) is 0 Å². The van der Waals surface area contributed by atoms with E-state index in [-0.39, 0.29) is 6.10 Å². The molecule has 4 nitrogen and oxygen atoms in total. The minimum atomic E-state index is -3.93. The van der Waals surface area contributed by atoms with Gasteiger partial charge in [-0.2, -0.15) is 8.42 Å². The lowest BCUT2D eigenvalue weighted by atomic mass is 10.0. The second-order valence-electron chi connectivity index (χ2n) is 7.81. The van der Waals surface area contributed by atoms with Crippen molar-refractivity contribution in [1.82, 2.24) is 0 Å². The summed E-state index contributed by atoms with van der Waals surface area (Å²) in [5.74, 6) is 0. The molecule has 0 bridgehead atoms. The maximum atomic E-state index is 11.1. The Labute approximate surface area is 162 Å². The highest BCUT2D eigenvalue weighted by molar-refractivity contribution is 7.86. The van der Waals surface area contributed by atoms with Gasteiger partial charge in [-0.15, -0.1) is 0 Å². The lowest BCUT2D eigenvalue weighted by molar-refractivity contribution is 0.147. The van der Waals surface area contributed by atoms with Crippen LogP contribution in [0.25, 0.3) is 0 Å². The molecule has 0 aliphatic carbocycles. The maximum absolute atomic E-state index is 11.1. The number of hydrogen-bond acceptors (Lipinski definition) is 3. The molecule has 158 valence electrons. The number of rotatable bonds is 19. The molecular weight excluding hydrogens is 348 g/mol. The normalized spacial score (nSPS) is 14.5. The molecule has 0 heterocycles. The Balaban J connectivity index is 3.40. The van der Waals surface area contributed by atoms with Crippen LogP contribution >= 0.6 is 0 Å². The van der Waals surface area contributed by atoms with Gasteiger partial charge < -0.3 is 5.11 Å². The average Bonchev–Trinajstić information content (AvgIpc) is 2.58. The number of aliphatic hydroxyl groups is 1. The quantitative estimate of drug-likeness (QED) is 0.200. The average molecular weight is 393 g/mol. The van der Waals surface area contributed by atoms with Crippen molar-refractivity contribution in [2.45, 2.75) is 134 Å². The molecule has 0 rings (SSSR count). The summed E-state index contributed by atoms with van der Waals surface area (Å²) in [5.41, 5.74) is 0. The third kappa shape index (κ3) is 16.1. The van der Waals surface area contributed by atoms with E-state index in [2.05, 4.69) is 6.92 Å². The number of aliphatic hydroxyl groups excluding tert-OH is 1. The summed E-state index contributed by atoms with van der Waals surface area (Å²) < 4.78 is 31.3. The Morgan fingerprint density at radius 2 is 1.08 bits per heavy atom. The smallest absolute Gasteiger partial charge is 0.267 e. The van der Waals surface area contributed by atoms with E-state index < -0.39 is 15.4 Å². The molecule has 0 spiro atoms. The molecule has 0 aromatic rings. The molecule has 0 aromatic heterocycles. The summed E-state index contributed by atoms with van der Waals surface area (Å²) in [6.45, 7) is 4.02. The van der Waals surface area contributed by atoms with E-state index in [1.165, 1.54) is 70.6 Å². The van der Waals surface area contributed by atoms with Crippen molar-refractivity contribution in [3.8, 4) is 0 Å². The number of unbranched alkanes of at least 4 members (excludes halogenated alkanes) is 11. The molecular formula is C21H44O4S. The summed E-state index contributed by atoms with van der Waals surface area (Å²) in [6, 6.07) is 0. The molecule has 0 aliphatic heterocycles. The van der Waals surface area contributed by atoms with Crippen LogP contribution in [-0.4, -0.2) is 29.4 Å². The topological polar surface area (TPSA) is 74.6 Å². The first-order chi connectivity index (χ1) is 12.4. The molecule has 0 radical (unpaired) electrons. The maximum Gasteiger partial charge on any atom is 0.267 e. The highest BCUT2D eigenvalue weighted by Crippen LogP contribution is 2.17. The Bertz CT molecular complexity index is 395.